The van der Waals surface area contributed by atoms with E-state index >= 15 is 0 Å². The van der Waals surface area contributed by atoms with Gasteiger partial charge in [-0.25, -0.2) is 0 Å². The van der Waals surface area contributed by atoms with Crippen molar-refractivity contribution in [3.05, 3.63) is 28.2 Å². The van der Waals surface area contributed by atoms with Crippen molar-refractivity contribution < 1.29 is 14.7 Å². The topological polar surface area (TPSA) is 99.3 Å². The molecule has 1 amide bonds. The first-order valence-electron chi connectivity index (χ1n) is 3.74. The minimum atomic E-state index is -0.857. The van der Waals surface area contributed by atoms with Crippen LogP contribution in [-0.2, 0) is 4.79 Å². The maximum absolute atomic E-state index is 11.2. The summed E-state index contributed by atoms with van der Waals surface area (Å²) in [6.07, 6.45) is 0.957. The molecule has 14 heavy (non-hydrogen) atoms. The molecule has 0 saturated heterocycles. The number of aromatic hydroxyl groups is 1. The largest absolute Gasteiger partial charge is 0.503 e. The Kier molecular flexibility index (Phi) is 2.66. The van der Waals surface area contributed by atoms with Crippen LogP contribution in [0.4, 0.5) is 0 Å². The molecule has 0 atom stereocenters. The van der Waals surface area contributed by atoms with Crippen molar-refractivity contribution >= 4 is 11.7 Å². The molecule has 6 nitrogen and oxygen atoms in total. The van der Waals surface area contributed by atoms with E-state index in [1.165, 1.54) is 7.05 Å². The normalized spacial score (nSPS) is 9.50. The van der Waals surface area contributed by atoms with E-state index in [2.05, 4.69) is 10.3 Å². The van der Waals surface area contributed by atoms with Crippen molar-refractivity contribution in [2.45, 2.75) is 0 Å². The Morgan fingerprint density at radius 1 is 1.50 bits per heavy atom. The van der Waals surface area contributed by atoms with Crippen LogP contribution in [0.25, 0.3) is 0 Å². The molecule has 0 aliphatic heterocycles. The highest BCUT2D eigenvalue weighted by atomic mass is 16.3. The minimum Gasteiger partial charge on any atom is -0.503 e. The van der Waals surface area contributed by atoms with E-state index in [1.807, 2.05) is 0 Å². The van der Waals surface area contributed by atoms with Crippen LogP contribution in [0.15, 0.2) is 17.1 Å². The average molecular weight is 196 g/mol. The summed E-state index contributed by atoms with van der Waals surface area (Å²) in [5, 5.41) is 11.0. The van der Waals surface area contributed by atoms with Crippen molar-refractivity contribution in [2.75, 3.05) is 7.05 Å². The molecule has 3 N–H and O–H groups in total. The maximum Gasteiger partial charge on any atom is 0.293 e. The predicted molar refractivity (Wildman–Crippen MR) is 47.1 cm³/mol. The lowest BCUT2D eigenvalue weighted by molar-refractivity contribution is -0.116. The molecule has 1 aromatic heterocycles. The molecule has 74 valence electrons. The van der Waals surface area contributed by atoms with Gasteiger partial charge in [0.05, 0.1) is 5.69 Å². The molecule has 0 fully saturated rings. The number of rotatable bonds is 2. The highest BCUT2D eigenvalue weighted by molar-refractivity contribution is 6.42. The summed E-state index contributed by atoms with van der Waals surface area (Å²) in [5.41, 5.74) is -0.872. The second-order valence-electron chi connectivity index (χ2n) is 2.50. The number of aromatic amines is 1. The van der Waals surface area contributed by atoms with Crippen LogP contribution in [0, 0.1) is 0 Å². The number of H-pyrrole nitrogens is 1. The van der Waals surface area contributed by atoms with Gasteiger partial charge in [-0.15, -0.1) is 0 Å². The number of aromatic nitrogens is 1. The van der Waals surface area contributed by atoms with Gasteiger partial charge in [0.1, 0.15) is 0 Å². The van der Waals surface area contributed by atoms with E-state index in [0.717, 1.165) is 12.3 Å². The first-order chi connectivity index (χ1) is 6.56. The van der Waals surface area contributed by atoms with Crippen LogP contribution in [0.2, 0.25) is 0 Å². The molecule has 0 spiro atoms. The molecule has 0 radical (unpaired) electrons. The number of hydrogen-bond acceptors (Lipinski definition) is 4. The summed E-state index contributed by atoms with van der Waals surface area (Å²) in [4.78, 5) is 35.3. The van der Waals surface area contributed by atoms with E-state index in [9.17, 15) is 14.4 Å². The lowest BCUT2D eigenvalue weighted by Crippen LogP contribution is -2.28. The van der Waals surface area contributed by atoms with E-state index < -0.39 is 22.9 Å². The number of ketones is 1. The van der Waals surface area contributed by atoms with E-state index in [1.54, 1.807) is 0 Å². The lowest BCUT2D eigenvalue weighted by Gasteiger charge is -1.98. The van der Waals surface area contributed by atoms with E-state index in [-0.39, 0.29) is 5.69 Å². The van der Waals surface area contributed by atoms with Gasteiger partial charge in [0.25, 0.3) is 11.7 Å². The SMILES string of the molecule is CNC(=O)C(=O)c1cc(=O)c(O)c[nH]1. The second kappa shape index (κ2) is 3.73. The second-order valence-corrected chi connectivity index (χ2v) is 2.50. The van der Waals surface area contributed by atoms with Crippen molar-refractivity contribution in [1.29, 1.82) is 0 Å². The third-order valence-corrected chi connectivity index (χ3v) is 1.57. The van der Waals surface area contributed by atoms with Crippen LogP contribution in [0.3, 0.4) is 0 Å². The predicted octanol–water partition coefficient (Wildman–Crippen LogP) is -0.991. The van der Waals surface area contributed by atoms with Gasteiger partial charge in [0.2, 0.25) is 5.43 Å². The molecule has 0 saturated carbocycles. The number of Topliss-reactive ketones (excluding diaryl/α,β-unsaturated/α-hetero) is 1. The van der Waals surface area contributed by atoms with Crippen LogP contribution in [-0.4, -0.2) is 28.8 Å². The number of hydrogen-bond donors (Lipinski definition) is 3. The van der Waals surface area contributed by atoms with Crippen molar-refractivity contribution in [3.63, 3.8) is 0 Å². The minimum absolute atomic E-state index is 0.160. The summed E-state index contributed by atoms with van der Waals surface area (Å²) in [7, 11) is 1.30. The summed E-state index contributed by atoms with van der Waals surface area (Å²) in [6, 6.07) is 0.868. The third kappa shape index (κ3) is 1.79. The van der Waals surface area contributed by atoms with Crippen molar-refractivity contribution in [3.8, 4) is 5.75 Å². The zero-order valence-electron chi connectivity index (χ0n) is 7.33. The average Bonchev–Trinajstić information content (AvgIpc) is 2.20. The van der Waals surface area contributed by atoms with Gasteiger partial charge in [-0.3, -0.25) is 14.4 Å². The fraction of sp³-hybridized carbons (Fsp3) is 0.125. The Balaban J connectivity index is 3.09. The van der Waals surface area contributed by atoms with Gasteiger partial charge >= 0.3 is 0 Å². The molecule has 0 aliphatic carbocycles. The molecule has 0 aliphatic rings. The monoisotopic (exact) mass is 196 g/mol. The quantitative estimate of drug-likeness (QED) is 0.417. The van der Waals surface area contributed by atoms with Crippen molar-refractivity contribution in [2.24, 2.45) is 0 Å². The Hall–Kier alpha value is -2.11. The Labute approximate surface area is 78.6 Å². The molecule has 6 heteroatoms. The molecule has 0 bridgehead atoms. The van der Waals surface area contributed by atoms with Gasteiger partial charge in [0, 0.05) is 19.3 Å². The Morgan fingerprint density at radius 3 is 2.64 bits per heavy atom. The van der Waals surface area contributed by atoms with Gasteiger partial charge < -0.3 is 15.4 Å². The fourth-order valence-corrected chi connectivity index (χ4v) is 0.831. The Morgan fingerprint density at radius 2 is 2.14 bits per heavy atom. The number of likely N-dealkylation sites (N-methyl/N-ethyl adjacent to an activating group) is 1. The smallest absolute Gasteiger partial charge is 0.293 e. The van der Waals surface area contributed by atoms with E-state index in [0.29, 0.717) is 0 Å². The zero-order chi connectivity index (χ0) is 10.7. The fourth-order valence-electron chi connectivity index (χ4n) is 0.831. The maximum atomic E-state index is 11.2. The zero-order valence-corrected chi connectivity index (χ0v) is 7.33. The number of nitrogens with one attached hydrogen (secondary N) is 2. The summed E-state index contributed by atoms with van der Waals surface area (Å²) < 4.78 is 0. The number of pyridine rings is 1. The highest BCUT2D eigenvalue weighted by Gasteiger charge is 2.15. The third-order valence-electron chi connectivity index (χ3n) is 1.57. The molecule has 1 aromatic rings. The molecule has 0 unspecified atom stereocenters. The molecular weight excluding hydrogens is 188 g/mol. The summed E-state index contributed by atoms with van der Waals surface area (Å²) >= 11 is 0. The number of amides is 1. The molecule has 1 rings (SSSR count). The highest BCUT2D eigenvalue weighted by Crippen LogP contribution is 1.99. The Bertz CT molecular complexity index is 435. The number of carbonyl (C=O) groups is 2. The first kappa shape index (κ1) is 9.97. The standard InChI is InChI=1S/C8H8N2O4/c1-9-8(14)7(13)4-2-5(11)6(12)3-10-4/h2-3,12H,1H3,(H,9,14)(H,10,11). The van der Waals surface area contributed by atoms with Gasteiger partial charge in [-0.2, -0.15) is 0 Å². The van der Waals surface area contributed by atoms with E-state index in [4.69, 9.17) is 5.11 Å². The van der Waals surface area contributed by atoms with Crippen LogP contribution in [0.1, 0.15) is 10.5 Å². The molecule has 1 heterocycles. The first-order valence-corrected chi connectivity index (χ1v) is 3.74. The van der Waals surface area contributed by atoms with Gasteiger partial charge in [-0.1, -0.05) is 0 Å². The number of carbonyl (C=O) groups excluding carboxylic acids is 2. The molecular formula is C8H8N2O4. The molecule has 0 aromatic carbocycles. The van der Waals surface area contributed by atoms with Crippen LogP contribution in [0.5, 0.6) is 5.75 Å². The summed E-state index contributed by atoms with van der Waals surface area (Å²) in [5.74, 6) is -2.19. The van der Waals surface area contributed by atoms with Crippen LogP contribution < -0.4 is 10.7 Å². The van der Waals surface area contributed by atoms with Crippen molar-refractivity contribution in [1.82, 2.24) is 10.3 Å². The van der Waals surface area contributed by atoms with Gasteiger partial charge in [-0.05, 0) is 0 Å². The lowest BCUT2D eigenvalue weighted by atomic mass is 10.2. The van der Waals surface area contributed by atoms with Gasteiger partial charge in [0.15, 0.2) is 5.75 Å². The van der Waals surface area contributed by atoms with Crippen LogP contribution >= 0.6 is 0 Å². The summed E-state index contributed by atoms with van der Waals surface area (Å²) in [6.45, 7) is 0.